The maximum absolute atomic E-state index is 11.6. The summed E-state index contributed by atoms with van der Waals surface area (Å²) in [6.07, 6.45) is 2.15. The van der Waals surface area contributed by atoms with Crippen molar-refractivity contribution in [2.45, 2.75) is 31.8 Å². The van der Waals surface area contributed by atoms with Crippen LogP contribution in [0.2, 0.25) is 0 Å². The van der Waals surface area contributed by atoms with Crippen LogP contribution in [-0.2, 0) is 4.79 Å². The molecule has 6 nitrogen and oxygen atoms in total. The van der Waals surface area contributed by atoms with Gasteiger partial charge in [0.2, 0.25) is 10.7 Å². The molecule has 1 fully saturated rings. The van der Waals surface area contributed by atoms with Crippen LogP contribution in [0, 0.1) is 4.77 Å². The first-order valence-corrected chi connectivity index (χ1v) is 4.89. The Morgan fingerprint density at radius 3 is 3.00 bits per heavy atom. The molecule has 1 aromatic rings. The van der Waals surface area contributed by atoms with E-state index in [4.69, 9.17) is 12.2 Å². The molecule has 7 heteroatoms. The molecule has 1 atom stereocenters. The quantitative estimate of drug-likeness (QED) is 0.702. The van der Waals surface area contributed by atoms with Crippen LogP contribution in [0.5, 0.6) is 0 Å². The maximum Gasteiger partial charge on any atom is 0.244 e. The Morgan fingerprint density at radius 2 is 2.50 bits per heavy atom. The third kappa shape index (κ3) is 1.82. The second-order valence-corrected chi connectivity index (χ2v) is 3.78. The number of hydrogen-bond acceptors (Lipinski definition) is 4. The molecule has 76 valence electrons. The van der Waals surface area contributed by atoms with Crippen LogP contribution in [0.3, 0.4) is 0 Å². The van der Waals surface area contributed by atoms with Crippen LogP contribution >= 0.6 is 12.2 Å². The van der Waals surface area contributed by atoms with Crippen LogP contribution < -0.4 is 5.32 Å². The monoisotopic (exact) mass is 213 g/mol. The minimum atomic E-state index is -0.377. The predicted octanol–water partition coefficient (Wildman–Crippen LogP) is 0.175. The van der Waals surface area contributed by atoms with Gasteiger partial charge in [0.1, 0.15) is 6.04 Å². The van der Waals surface area contributed by atoms with Crippen molar-refractivity contribution in [2.24, 2.45) is 0 Å². The molecule has 1 aromatic heterocycles. The van der Waals surface area contributed by atoms with E-state index in [-0.39, 0.29) is 11.9 Å². The number of rotatable bonds is 3. The van der Waals surface area contributed by atoms with Gasteiger partial charge < -0.3 is 5.32 Å². The van der Waals surface area contributed by atoms with Gasteiger partial charge in [0.05, 0.1) is 0 Å². The topological polar surface area (TPSA) is 75.6 Å². The lowest BCUT2D eigenvalue weighted by atomic mass is 10.3. The van der Waals surface area contributed by atoms with E-state index < -0.39 is 0 Å². The minimum absolute atomic E-state index is 0.0466. The smallest absolute Gasteiger partial charge is 0.244 e. The van der Waals surface area contributed by atoms with Gasteiger partial charge in [-0.2, -0.15) is 5.21 Å². The van der Waals surface area contributed by atoms with Crippen molar-refractivity contribution in [1.82, 2.24) is 25.5 Å². The first-order valence-electron chi connectivity index (χ1n) is 4.48. The van der Waals surface area contributed by atoms with Crippen molar-refractivity contribution in [2.75, 3.05) is 0 Å². The normalized spacial score (nSPS) is 17.8. The highest BCUT2D eigenvalue weighted by Crippen LogP contribution is 2.19. The van der Waals surface area contributed by atoms with E-state index in [2.05, 4.69) is 20.8 Å². The molecule has 0 bridgehead atoms. The third-order valence-corrected chi connectivity index (χ3v) is 2.46. The SMILES string of the molecule is CC(C(=O)NC1CC1)n1[nH]nnc1=S. The number of H-pyrrole nitrogens is 1. The molecular formula is C7H11N5OS. The Balaban J connectivity index is 2.06. The average Bonchev–Trinajstić information content (AvgIpc) is 2.86. The first kappa shape index (κ1) is 9.32. The van der Waals surface area contributed by atoms with Crippen molar-refractivity contribution in [1.29, 1.82) is 0 Å². The van der Waals surface area contributed by atoms with Crippen LogP contribution in [0.25, 0.3) is 0 Å². The molecule has 1 aliphatic carbocycles. The number of aromatic nitrogens is 4. The maximum atomic E-state index is 11.6. The van der Waals surface area contributed by atoms with E-state index in [1.807, 2.05) is 0 Å². The van der Waals surface area contributed by atoms with Crippen LogP contribution in [0.15, 0.2) is 0 Å². The molecule has 1 aliphatic rings. The van der Waals surface area contributed by atoms with Crippen molar-refractivity contribution in [3.8, 4) is 0 Å². The highest BCUT2D eigenvalue weighted by Gasteiger charge is 2.26. The minimum Gasteiger partial charge on any atom is -0.352 e. The van der Waals surface area contributed by atoms with Crippen molar-refractivity contribution < 1.29 is 4.79 Å². The van der Waals surface area contributed by atoms with E-state index in [1.165, 1.54) is 4.68 Å². The lowest BCUT2D eigenvalue weighted by molar-refractivity contribution is -0.124. The molecular weight excluding hydrogens is 202 g/mol. The Bertz CT molecular complexity index is 393. The number of aromatic amines is 1. The average molecular weight is 213 g/mol. The lowest BCUT2D eigenvalue weighted by Crippen LogP contribution is -2.33. The lowest BCUT2D eigenvalue weighted by Gasteiger charge is -2.11. The molecule has 2 rings (SSSR count). The zero-order valence-electron chi connectivity index (χ0n) is 7.73. The zero-order chi connectivity index (χ0) is 10.1. The molecule has 0 aromatic carbocycles. The highest BCUT2D eigenvalue weighted by atomic mass is 32.1. The van der Waals surface area contributed by atoms with E-state index in [0.29, 0.717) is 10.8 Å². The summed E-state index contributed by atoms with van der Waals surface area (Å²) in [5, 5.41) is 12.6. The van der Waals surface area contributed by atoms with Gasteiger partial charge in [0, 0.05) is 6.04 Å². The Kier molecular flexibility index (Phi) is 2.32. The van der Waals surface area contributed by atoms with Crippen molar-refractivity contribution >= 4 is 18.1 Å². The van der Waals surface area contributed by atoms with Gasteiger partial charge in [-0.25, -0.2) is 4.68 Å². The van der Waals surface area contributed by atoms with E-state index >= 15 is 0 Å². The van der Waals surface area contributed by atoms with Gasteiger partial charge in [-0.15, -0.1) is 0 Å². The number of nitrogens with one attached hydrogen (secondary N) is 2. The predicted molar refractivity (Wildman–Crippen MR) is 51.1 cm³/mol. The number of amides is 1. The number of tetrazole rings is 1. The second kappa shape index (κ2) is 3.49. The third-order valence-electron chi connectivity index (χ3n) is 2.18. The first-order chi connectivity index (χ1) is 6.68. The highest BCUT2D eigenvalue weighted by molar-refractivity contribution is 7.71. The summed E-state index contributed by atoms with van der Waals surface area (Å²) in [6.45, 7) is 1.76. The van der Waals surface area contributed by atoms with E-state index in [9.17, 15) is 4.79 Å². The zero-order valence-corrected chi connectivity index (χ0v) is 8.54. The van der Waals surface area contributed by atoms with Crippen LogP contribution in [0.1, 0.15) is 25.8 Å². The molecule has 1 unspecified atom stereocenters. The fourth-order valence-corrected chi connectivity index (χ4v) is 1.36. The molecule has 0 radical (unpaired) electrons. The van der Waals surface area contributed by atoms with Crippen LogP contribution in [-0.4, -0.2) is 32.2 Å². The van der Waals surface area contributed by atoms with Gasteiger partial charge in [0.15, 0.2) is 0 Å². The summed E-state index contributed by atoms with van der Waals surface area (Å²) < 4.78 is 1.76. The molecule has 0 spiro atoms. The Labute approximate surface area is 85.7 Å². The molecule has 1 saturated carbocycles. The van der Waals surface area contributed by atoms with Gasteiger partial charge in [-0.05, 0) is 32.0 Å². The standard InChI is InChI=1S/C7H11N5OS/c1-4(6(13)8-5-2-3-5)12-7(14)9-10-11-12/h4-5H,2-3H2,1H3,(H,8,13)(H,9,11,14). The molecule has 1 amide bonds. The van der Waals surface area contributed by atoms with Crippen LogP contribution in [0.4, 0.5) is 0 Å². The number of carbonyl (C=O) groups is 1. The number of hydrogen-bond donors (Lipinski definition) is 2. The largest absolute Gasteiger partial charge is 0.352 e. The fraction of sp³-hybridized carbons (Fsp3) is 0.714. The summed E-state index contributed by atoms with van der Waals surface area (Å²) in [5.41, 5.74) is 0. The fourth-order valence-electron chi connectivity index (χ4n) is 1.12. The van der Waals surface area contributed by atoms with Gasteiger partial charge in [0.25, 0.3) is 0 Å². The molecule has 0 aliphatic heterocycles. The van der Waals surface area contributed by atoms with E-state index in [0.717, 1.165) is 12.8 Å². The second-order valence-electron chi connectivity index (χ2n) is 3.41. The molecule has 14 heavy (non-hydrogen) atoms. The van der Waals surface area contributed by atoms with Gasteiger partial charge in [-0.3, -0.25) is 4.79 Å². The van der Waals surface area contributed by atoms with Gasteiger partial charge in [-0.1, -0.05) is 10.3 Å². The van der Waals surface area contributed by atoms with Crippen molar-refractivity contribution in [3.05, 3.63) is 4.77 Å². The van der Waals surface area contributed by atoms with E-state index in [1.54, 1.807) is 6.92 Å². The van der Waals surface area contributed by atoms with Crippen molar-refractivity contribution in [3.63, 3.8) is 0 Å². The van der Waals surface area contributed by atoms with Gasteiger partial charge >= 0.3 is 0 Å². The number of nitrogens with zero attached hydrogens (tertiary/aromatic N) is 3. The Hall–Kier alpha value is -1.24. The molecule has 0 saturated heterocycles. The Morgan fingerprint density at radius 1 is 1.79 bits per heavy atom. The summed E-state index contributed by atoms with van der Waals surface area (Å²) >= 11 is 4.89. The summed E-state index contributed by atoms with van der Waals surface area (Å²) in [4.78, 5) is 11.6. The summed E-state index contributed by atoms with van der Waals surface area (Å²) in [6, 6.07) is -0.0203. The molecule has 2 N–H and O–H groups in total. The summed E-state index contributed by atoms with van der Waals surface area (Å²) in [7, 11) is 0. The number of carbonyl (C=O) groups excluding carboxylic acids is 1. The molecule has 1 heterocycles. The summed E-state index contributed by atoms with van der Waals surface area (Å²) in [5.74, 6) is -0.0466.